The van der Waals surface area contributed by atoms with E-state index in [2.05, 4.69) is 31.8 Å². The highest BCUT2D eigenvalue weighted by Crippen LogP contribution is 2.49. The molecule has 6 heteroatoms. The van der Waals surface area contributed by atoms with Gasteiger partial charge in [-0.1, -0.05) is 62.3 Å². The van der Waals surface area contributed by atoms with E-state index < -0.39 is 0 Å². The van der Waals surface area contributed by atoms with Gasteiger partial charge in [0.15, 0.2) is 0 Å². The molecule has 0 aliphatic carbocycles. The van der Waals surface area contributed by atoms with Crippen molar-refractivity contribution in [3.05, 3.63) is 71.4 Å². The lowest BCUT2D eigenvalue weighted by Gasteiger charge is -2.26. The molecule has 0 bridgehead atoms. The number of ether oxygens (including phenoxy) is 1. The largest absolute Gasteiger partial charge is 0.437 e. The molecule has 0 radical (unpaired) electrons. The second kappa shape index (κ2) is 7.32. The van der Waals surface area contributed by atoms with E-state index in [9.17, 15) is 0 Å². The highest BCUT2D eigenvalue weighted by atomic mass is 35.5. The van der Waals surface area contributed by atoms with Crippen molar-refractivity contribution in [1.82, 2.24) is 4.98 Å². The van der Waals surface area contributed by atoms with Crippen molar-refractivity contribution in [3.8, 4) is 11.6 Å². The number of nitrogens with zero attached hydrogens (tertiary/aromatic N) is 2. The molecule has 0 spiro atoms. The van der Waals surface area contributed by atoms with Gasteiger partial charge in [-0.3, -0.25) is 0 Å². The number of fused-ring (bicyclic) bond motifs is 1. The van der Waals surface area contributed by atoms with Crippen LogP contribution in [0.2, 0.25) is 5.02 Å². The van der Waals surface area contributed by atoms with Crippen LogP contribution >= 0.6 is 23.4 Å². The maximum absolute atomic E-state index is 6.44. The van der Waals surface area contributed by atoms with Gasteiger partial charge in [-0.15, -0.1) is 0 Å². The summed E-state index contributed by atoms with van der Waals surface area (Å²) in [5.41, 5.74) is 9.06. The molecule has 1 unspecified atom stereocenters. The third kappa shape index (κ3) is 3.58. The molecule has 1 aliphatic rings. The van der Waals surface area contributed by atoms with Gasteiger partial charge in [0.05, 0.1) is 5.69 Å². The Morgan fingerprint density at radius 2 is 1.86 bits per heavy atom. The second-order valence-corrected chi connectivity index (χ2v) is 9.26. The number of benzene rings is 2. The molecule has 1 aromatic heterocycles. The third-order valence-electron chi connectivity index (χ3n) is 4.60. The summed E-state index contributed by atoms with van der Waals surface area (Å²) in [5, 5.41) is 0.696. The van der Waals surface area contributed by atoms with Crippen molar-refractivity contribution in [1.29, 1.82) is 0 Å². The molecule has 2 N–H and O–H groups in total. The lowest BCUT2D eigenvalue weighted by molar-refractivity contribution is 0.440. The number of hydrogen-bond acceptors (Lipinski definition) is 5. The van der Waals surface area contributed by atoms with Crippen LogP contribution in [0.15, 0.2) is 65.7 Å². The van der Waals surface area contributed by atoms with Gasteiger partial charge >= 0.3 is 0 Å². The van der Waals surface area contributed by atoms with Crippen LogP contribution in [-0.4, -0.2) is 10.5 Å². The normalized spacial score (nSPS) is 16.2. The number of aromatic nitrogens is 1. The summed E-state index contributed by atoms with van der Waals surface area (Å²) >= 11 is 7.72. The maximum atomic E-state index is 6.44. The van der Waals surface area contributed by atoms with E-state index in [1.165, 1.54) is 0 Å². The minimum absolute atomic E-state index is 0.0468. The number of pyridine rings is 1. The second-order valence-electron chi connectivity index (χ2n) is 7.67. The zero-order valence-corrected chi connectivity index (χ0v) is 17.6. The molecule has 1 aliphatic heterocycles. The Bertz CT molecular complexity index is 1020. The van der Waals surface area contributed by atoms with Crippen LogP contribution in [0.25, 0.3) is 0 Å². The summed E-state index contributed by atoms with van der Waals surface area (Å²) in [6, 6.07) is 17.7. The van der Waals surface area contributed by atoms with Crippen molar-refractivity contribution in [2.45, 2.75) is 36.6 Å². The van der Waals surface area contributed by atoms with Crippen LogP contribution in [0.5, 0.6) is 11.6 Å². The van der Waals surface area contributed by atoms with Gasteiger partial charge in [-0.25, -0.2) is 4.98 Å². The fraction of sp³-hybridized carbons (Fsp3) is 0.227. The van der Waals surface area contributed by atoms with Crippen LogP contribution in [-0.2, 0) is 5.41 Å². The lowest BCUT2D eigenvalue weighted by Crippen LogP contribution is -2.32. The summed E-state index contributed by atoms with van der Waals surface area (Å²) in [4.78, 5) is 7.60. The zero-order valence-electron chi connectivity index (χ0n) is 16.0. The first-order valence-electron chi connectivity index (χ1n) is 9.08. The van der Waals surface area contributed by atoms with Gasteiger partial charge in [0, 0.05) is 21.7 Å². The highest BCUT2D eigenvalue weighted by Gasteiger charge is 2.31. The van der Waals surface area contributed by atoms with E-state index in [-0.39, 0.29) is 10.9 Å². The first-order chi connectivity index (χ1) is 13.3. The van der Waals surface area contributed by atoms with E-state index >= 15 is 0 Å². The molecule has 144 valence electrons. The molecule has 0 saturated carbocycles. The first kappa shape index (κ1) is 19.1. The zero-order chi connectivity index (χ0) is 19.9. The molecule has 3 aromatic rings. The fourth-order valence-corrected chi connectivity index (χ4v) is 4.60. The Balaban J connectivity index is 1.76. The predicted octanol–water partition coefficient (Wildman–Crippen LogP) is 6.31. The Morgan fingerprint density at radius 3 is 2.64 bits per heavy atom. The number of nitrogens with two attached hydrogens (primary N) is 1. The minimum Gasteiger partial charge on any atom is -0.437 e. The Hall–Kier alpha value is -2.21. The van der Waals surface area contributed by atoms with Crippen molar-refractivity contribution in [3.63, 3.8) is 0 Å². The smallest absolute Gasteiger partial charge is 0.243 e. The molecule has 4 rings (SSSR count). The Labute approximate surface area is 174 Å². The molecule has 0 saturated heterocycles. The molecule has 2 heterocycles. The quantitative estimate of drug-likeness (QED) is 0.547. The average Bonchev–Trinajstić information content (AvgIpc) is 2.96. The number of halogens is 1. The fourth-order valence-electron chi connectivity index (χ4n) is 3.29. The topological polar surface area (TPSA) is 51.4 Å². The van der Waals surface area contributed by atoms with Crippen LogP contribution in [0.1, 0.15) is 26.3 Å². The molecule has 2 aromatic carbocycles. The monoisotopic (exact) mass is 411 g/mol. The van der Waals surface area contributed by atoms with Crippen molar-refractivity contribution in [2.24, 2.45) is 5.73 Å². The SMILES string of the molecule is CC(C)(C)c1ccccc1Oc1ncccc1N1c2ccc(Cl)cc2SC1N. The van der Waals surface area contributed by atoms with Crippen molar-refractivity contribution < 1.29 is 4.74 Å². The Kier molecular flexibility index (Phi) is 5.00. The summed E-state index contributed by atoms with van der Waals surface area (Å²) < 4.78 is 6.32. The van der Waals surface area contributed by atoms with Gasteiger partial charge < -0.3 is 15.4 Å². The standard InChI is InChI=1S/C22H22ClN3OS/c1-22(2,3)15-7-4-5-9-18(15)27-20-17(8-6-12-25-20)26-16-11-10-14(23)13-19(16)28-21(26)24/h4-13,21H,24H2,1-3H3. The van der Waals surface area contributed by atoms with Gasteiger partial charge in [-0.2, -0.15) is 0 Å². The van der Waals surface area contributed by atoms with Crippen molar-refractivity contribution >= 4 is 34.7 Å². The van der Waals surface area contributed by atoms with E-state index in [1.54, 1.807) is 18.0 Å². The number of thioether (sulfide) groups is 1. The van der Waals surface area contributed by atoms with Crippen LogP contribution < -0.4 is 15.4 Å². The molecule has 28 heavy (non-hydrogen) atoms. The molecule has 0 fully saturated rings. The first-order valence-corrected chi connectivity index (χ1v) is 10.3. The highest BCUT2D eigenvalue weighted by molar-refractivity contribution is 8.00. The summed E-state index contributed by atoms with van der Waals surface area (Å²) in [7, 11) is 0. The van der Waals surface area contributed by atoms with Crippen LogP contribution in [0, 0.1) is 0 Å². The van der Waals surface area contributed by atoms with Crippen molar-refractivity contribution in [2.75, 3.05) is 4.90 Å². The maximum Gasteiger partial charge on any atom is 0.243 e. The summed E-state index contributed by atoms with van der Waals surface area (Å²) in [6.07, 6.45) is 1.73. The summed E-state index contributed by atoms with van der Waals surface area (Å²) in [6.45, 7) is 6.50. The lowest BCUT2D eigenvalue weighted by atomic mass is 9.86. The van der Waals surface area contributed by atoms with Gasteiger partial charge in [0.2, 0.25) is 5.88 Å². The third-order valence-corrected chi connectivity index (χ3v) is 5.86. The van der Waals surface area contributed by atoms with Crippen LogP contribution in [0.4, 0.5) is 11.4 Å². The van der Waals surface area contributed by atoms with E-state index in [1.807, 2.05) is 53.4 Å². The van der Waals surface area contributed by atoms with E-state index in [4.69, 9.17) is 22.1 Å². The van der Waals surface area contributed by atoms with E-state index in [0.717, 1.165) is 27.6 Å². The summed E-state index contributed by atoms with van der Waals surface area (Å²) in [5.74, 6) is 1.32. The van der Waals surface area contributed by atoms with Gasteiger partial charge in [0.1, 0.15) is 16.9 Å². The molecular formula is C22H22ClN3OS. The molecule has 1 atom stereocenters. The molecular weight excluding hydrogens is 390 g/mol. The van der Waals surface area contributed by atoms with Crippen LogP contribution in [0.3, 0.4) is 0 Å². The van der Waals surface area contributed by atoms with Gasteiger partial charge in [0.25, 0.3) is 0 Å². The average molecular weight is 412 g/mol. The number of anilines is 2. The predicted molar refractivity (Wildman–Crippen MR) is 117 cm³/mol. The number of para-hydroxylation sites is 1. The number of rotatable bonds is 3. The minimum atomic E-state index is -0.280. The molecule has 4 nitrogen and oxygen atoms in total. The van der Waals surface area contributed by atoms with Gasteiger partial charge in [-0.05, 0) is 41.8 Å². The van der Waals surface area contributed by atoms with E-state index in [0.29, 0.717) is 10.9 Å². The molecule has 0 amide bonds. The number of hydrogen-bond donors (Lipinski definition) is 1. The Morgan fingerprint density at radius 1 is 1.07 bits per heavy atom.